The molecule has 0 amide bonds. The van der Waals surface area contributed by atoms with E-state index in [1.54, 1.807) is 11.3 Å². The maximum absolute atomic E-state index is 6.29. The molecule has 2 heterocycles. The zero-order chi connectivity index (χ0) is 19.0. The molecule has 27 heavy (non-hydrogen) atoms. The van der Waals surface area contributed by atoms with Crippen LogP contribution in [0.2, 0.25) is 5.02 Å². The molecular weight excluding hydrogens is 380 g/mol. The zero-order valence-electron chi connectivity index (χ0n) is 14.7. The van der Waals surface area contributed by atoms with Gasteiger partial charge in [-0.1, -0.05) is 41.1 Å². The van der Waals surface area contributed by atoms with Gasteiger partial charge in [-0.25, -0.2) is 15.0 Å². The van der Waals surface area contributed by atoms with Gasteiger partial charge in [-0.05, 0) is 43.2 Å². The predicted molar refractivity (Wildman–Crippen MR) is 114 cm³/mol. The minimum Gasteiger partial charge on any atom is -0.393 e. The molecule has 0 aliphatic rings. The Labute approximate surface area is 165 Å². The summed E-state index contributed by atoms with van der Waals surface area (Å²) in [4.78, 5) is 13.2. The molecule has 0 radical (unpaired) electrons. The standard InChI is InChI=1S/C19H17ClN6S/c1-10-5-3-8-14-16(10)25-19(27-14)26-18-15(21)17(22-9-23-18)24-13-7-4-6-12(20)11(13)2/h3-9H,21H2,1-2H3,(H2,22,23,24,25,26). The summed E-state index contributed by atoms with van der Waals surface area (Å²) in [5.74, 6) is 1.01. The number of aromatic nitrogens is 3. The number of fused-ring (bicyclic) bond motifs is 1. The van der Waals surface area contributed by atoms with Gasteiger partial charge in [-0.3, -0.25) is 0 Å². The second-order valence-corrected chi connectivity index (χ2v) is 7.53. The number of nitrogens with one attached hydrogen (secondary N) is 2. The van der Waals surface area contributed by atoms with Gasteiger partial charge in [0.25, 0.3) is 0 Å². The fraction of sp³-hybridized carbons (Fsp3) is 0.105. The van der Waals surface area contributed by atoms with Gasteiger partial charge in [-0.15, -0.1) is 0 Å². The number of thiazole rings is 1. The van der Waals surface area contributed by atoms with Crippen LogP contribution in [0.1, 0.15) is 11.1 Å². The Morgan fingerprint density at radius 1 is 1.00 bits per heavy atom. The highest BCUT2D eigenvalue weighted by molar-refractivity contribution is 7.22. The Morgan fingerprint density at radius 2 is 1.74 bits per heavy atom. The van der Waals surface area contributed by atoms with Crippen molar-refractivity contribution in [3.63, 3.8) is 0 Å². The number of halogens is 1. The van der Waals surface area contributed by atoms with Crippen molar-refractivity contribution < 1.29 is 0 Å². The minimum absolute atomic E-state index is 0.410. The van der Waals surface area contributed by atoms with E-state index < -0.39 is 0 Å². The van der Waals surface area contributed by atoms with Gasteiger partial charge >= 0.3 is 0 Å². The van der Waals surface area contributed by atoms with Crippen molar-refractivity contribution >= 4 is 61.3 Å². The predicted octanol–water partition coefficient (Wildman–Crippen LogP) is 5.43. The average molecular weight is 397 g/mol. The first kappa shape index (κ1) is 17.5. The third-order valence-electron chi connectivity index (χ3n) is 4.25. The molecule has 4 N–H and O–H groups in total. The number of anilines is 5. The molecule has 4 aromatic rings. The first-order valence-corrected chi connectivity index (χ1v) is 9.48. The Balaban J connectivity index is 1.65. The topological polar surface area (TPSA) is 88.8 Å². The number of para-hydroxylation sites is 1. The summed E-state index contributed by atoms with van der Waals surface area (Å²) >= 11 is 7.74. The van der Waals surface area contributed by atoms with Crippen LogP contribution in [0.5, 0.6) is 0 Å². The van der Waals surface area contributed by atoms with Crippen LogP contribution in [0, 0.1) is 13.8 Å². The van der Waals surface area contributed by atoms with Gasteiger partial charge in [0.15, 0.2) is 16.8 Å². The van der Waals surface area contributed by atoms with E-state index in [0.29, 0.717) is 22.3 Å². The number of rotatable bonds is 4. The second kappa shape index (κ2) is 7.02. The average Bonchev–Trinajstić information content (AvgIpc) is 3.06. The monoisotopic (exact) mass is 396 g/mol. The number of aryl methyl sites for hydroxylation is 1. The maximum atomic E-state index is 6.29. The third-order valence-corrected chi connectivity index (χ3v) is 5.60. The van der Waals surface area contributed by atoms with Gasteiger partial charge in [0.1, 0.15) is 12.0 Å². The molecule has 0 bridgehead atoms. The van der Waals surface area contributed by atoms with Crippen molar-refractivity contribution in [2.75, 3.05) is 16.4 Å². The van der Waals surface area contributed by atoms with Crippen LogP contribution in [0.25, 0.3) is 10.2 Å². The number of nitrogens with zero attached hydrogens (tertiary/aromatic N) is 3. The van der Waals surface area contributed by atoms with E-state index in [9.17, 15) is 0 Å². The smallest absolute Gasteiger partial charge is 0.189 e. The Bertz CT molecular complexity index is 1140. The molecule has 0 fully saturated rings. The van der Waals surface area contributed by atoms with Crippen molar-refractivity contribution in [1.29, 1.82) is 0 Å². The van der Waals surface area contributed by atoms with Gasteiger partial charge in [0.05, 0.1) is 10.2 Å². The maximum Gasteiger partial charge on any atom is 0.189 e. The van der Waals surface area contributed by atoms with Gasteiger partial charge < -0.3 is 16.4 Å². The third kappa shape index (κ3) is 3.39. The van der Waals surface area contributed by atoms with Crippen LogP contribution in [0.15, 0.2) is 42.7 Å². The molecule has 0 aliphatic heterocycles. The largest absolute Gasteiger partial charge is 0.393 e. The van der Waals surface area contributed by atoms with Gasteiger partial charge in [-0.2, -0.15) is 0 Å². The lowest BCUT2D eigenvalue weighted by Crippen LogP contribution is -2.05. The lowest BCUT2D eigenvalue weighted by molar-refractivity contribution is 1.17. The summed E-state index contributed by atoms with van der Waals surface area (Å²) in [5.41, 5.74) is 10.6. The molecule has 136 valence electrons. The van der Waals surface area contributed by atoms with Crippen molar-refractivity contribution in [3.05, 3.63) is 58.9 Å². The zero-order valence-corrected chi connectivity index (χ0v) is 16.3. The minimum atomic E-state index is 0.410. The summed E-state index contributed by atoms with van der Waals surface area (Å²) in [6, 6.07) is 11.7. The summed E-state index contributed by atoms with van der Waals surface area (Å²) in [6.07, 6.45) is 1.46. The van der Waals surface area contributed by atoms with Crippen LogP contribution >= 0.6 is 22.9 Å². The van der Waals surface area contributed by atoms with Crippen LogP contribution in [-0.4, -0.2) is 15.0 Å². The number of benzene rings is 2. The SMILES string of the molecule is Cc1c(Cl)cccc1Nc1ncnc(Nc2nc3c(C)cccc3s2)c1N. The van der Waals surface area contributed by atoms with Crippen LogP contribution in [0.3, 0.4) is 0 Å². The normalized spacial score (nSPS) is 10.9. The molecule has 2 aromatic carbocycles. The first-order chi connectivity index (χ1) is 13.0. The fourth-order valence-electron chi connectivity index (χ4n) is 2.71. The molecule has 6 nitrogen and oxygen atoms in total. The van der Waals surface area contributed by atoms with E-state index in [1.165, 1.54) is 6.33 Å². The van der Waals surface area contributed by atoms with Crippen molar-refractivity contribution in [3.8, 4) is 0 Å². The van der Waals surface area contributed by atoms with Crippen molar-refractivity contribution in [2.45, 2.75) is 13.8 Å². The highest BCUT2D eigenvalue weighted by Gasteiger charge is 2.13. The quantitative estimate of drug-likeness (QED) is 0.426. The van der Waals surface area contributed by atoms with E-state index in [-0.39, 0.29) is 0 Å². The molecule has 4 rings (SSSR count). The number of nitrogens with two attached hydrogens (primary N) is 1. The van der Waals surface area contributed by atoms with Gasteiger partial charge in [0, 0.05) is 10.7 Å². The van der Waals surface area contributed by atoms with Crippen molar-refractivity contribution in [1.82, 2.24) is 15.0 Å². The van der Waals surface area contributed by atoms with E-state index in [4.69, 9.17) is 17.3 Å². The first-order valence-electron chi connectivity index (χ1n) is 8.28. The lowest BCUT2D eigenvalue weighted by atomic mass is 10.2. The van der Waals surface area contributed by atoms with Crippen LogP contribution < -0.4 is 16.4 Å². The van der Waals surface area contributed by atoms with E-state index in [0.717, 1.165) is 32.2 Å². The Hall–Kier alpha value is -2.90. The Morgan fingerprint density at radius 3 is 2.52 bits per heavy atom. The van der Waals surface area contributed by atoms with E-state index >= 15 is 0 Å². The van der Waals surface area contributed by atoms with Crippen LogP contribution in [-0.2, 0) is 0 Å². The number of nitrogen functional groups attached to an aromatic ring is 1. The molecular formula is C19H17ClN6S. The molecule has 0 unspecified atom stereocenters. The molecule has 0 aliphatic carbocycles. The number of hydrogen-bond donors (Lipinski definition) is 3. The second-order valence-electron chi connectivity index (χ2n) is 6.09. The molecule has 0 saturated carbocycles. The van der Waals surface area contributed by atoms with Gasteiger partial charge in [0.2, 0.25) is 0 Å². The van der Waals surface area contributed by atoms with E-state index in [2.05, 4.69) is 25.6 Å². The molecule has 0 atom stereocenters. The summed E-state index contributed by atoms with van der Waals surface area (Å²) in [6.45, 7) is 3.98. The molecule has 0 spiro atoms. The van der Waals surface area contributed by atoms with E-state index in [1.807, 2.05) is 50.2 Å². The summed E-state index contributed by atoms with van der Waals surface area (Å²) in [5, 5.41) is 7.84. The molecule has 8 heteroatoms. The van der Waals surface area contributed by atoms with Crippen molar-refractivity contribution in [2.24, 2.45) is 0 Å². The summed E-state index contributed by atoms with van der Waals surface area (Å²) < 4.78 is 1.11. The highest BCUT2D eigenvalue weighted by atomic mass is 35.5. The van der Waals surface area contributed by atoms with Crippen LogP contribution in [0.4, 0.5) is 28.1 Å². The Kier molecular flexibility index (Phi) is 4.55. The highest BCUT2D eigenvalue weighted by Crippen LogP contribution is 2.34. The fourth-order valence-corrected chi connectivity index (χ4v) is 3.82. The number of hydrogen-bond acceptors (Lipinski definition) is 7. The summed E-state index contributed by atoms with van der Waals surface area (Å²) in [7, 11) is 0. The molecule has 2 aromatic heterocycles. The lowest BCUT2D eigenvalue weighted by Gasteiger charge is -2.13. The molecule has 0 saturated heterocycles.